The standard InChI is InChI=1S/C17H26N4/c1-2-3-5-12-17(20-13-8-4-9-14-20)21-16-11-7-6-10-15(16)18-19-21/h6-7,10-11,17H,2-5,8-9,12-14H2,1H3. The van der Waals surface area contributed by atoms with E-state index in [2.05, 4.69) is 45.0 Å². The SMILES string of the molecule is CCCCCC(N1CCCCC1)n1nnc2ccccc21. The van der Waals surface area contributed by atoms with Crippen LogP contribution in [0.3, 0.4) is 0 Å². The lowest BCUT2D eigenvalue weighted by atomic mass is 10.1. The summed E-state index contributed by atoms with van der Waals surface area (Å²) in [5, 5.41) is 8.82. The van der Waals surface area contributed by atoms with Gasteiger partial charge >= 0.3 is 0 Å². The topological polar surface area (TPSA) is 34.0 Å². The van der Waals surface area contributed by atoms with Crippen molar-refractivity contribution in [1.29, 1.82) is 0 Å². The summed E-state index contributed by atoms with van der Waals surface area (Å²) >= 11 is 0. The zero-order valence-electron chi connectivity index (χ0n) is 13.0. The van der Waals surface area contributed by atoms with Crippen molar-refractivity contribution in [3.63, 3.8) is 0 Å². The molecule has 2 heterocycles. The van der Waals surface area contributed by atoms with Gasteiger partial charge in [-0.1, -0.05) is 43.5 Å². The number of aromatic nitrogens is 3. The van der Waals surface area contributed by atoms with E-state index >= 15 is 0 Å². The van der Waals surface area contributed by atoms with Crippen LogP contribution in [0.15, 0.2) is 24.3 Å². The first-order chi connectivity index (χ1) is 10.4. The highest BCUT2D eigenvalue weighted by Gasteiger charge is 2.24. The van der Waals surface area contributed by atoms with Gasteiger partial charge in [0.25, 0.3) is 0 Å². The number of hydrogen-bond donors (Lipinski definition) is 0. The molecule has 4 heteroatoms. The second-order valence-corrected chi connectivity index (χ2v) is 6.10. The van der Waals surface area contributed by atoms with Crippen molar-refractivity contribution in [2.45, 2.75) is 58.0 Å². The molecule has 1 aromatic carbocycles. The lowest BCUT2D eigenvalue weighted by Crippen LogP contribution is -2.37. The van der Waals surface area contributed by atoms with Gasteiger partial charge in [-0.25, -0.2) is 4.68 Å². The predicted octanol–water partition coefficient (Wildman–Crippen LogP) is 4.00. The Morgan fingerprint density at radius 1 is 1.10 bits per heavy atom. The molecule has 1 aromatic heterocycles. The van der Waals surface area contributed by atoms with Crippen molar-refractivity contribution < 1.29 is 0 Å². The summed E-state index contributed by atoms with van der Waals surface area (Å²) in [5.41, 5.74) is 2.18. The minimum absolute atomic E-state index is 0.379. The van der Waals surface area contributed by atoms with Crippen LogP contribution in [0.4, 0.5) is 0 Å². The van der Waals surface area contributed by atoms with Gasteiger partial charge in [0.2, 0.25) is 0 Å². The highest BCUT2D eigenvalue weighted by molar-refractivity contribution is 5.73. The molecule has 21 heavy (non-hydrogen) atoms. The van der Waals surface area contributed by atoms with E-state index in [1.54, 1.807) is 0 Å². The van der Waals surface area contributed by atoms with Gasteiger partial charge in [0.05, 0.1) is 5.52 Å². The molecule has 1 aliphatic heterocycles. The first-order valence-corrected chi connectivity index (χ1v) is 8.44. The molecule has 1 fully saturated rings. The Morgan fingerprint density at radius 3 is 2.71 bits per heavy atom. The fourth-order valence-corrected chi connectivity index (χ4v) is 3.36. The molecule has 2 aromatic rings. The Hall–Kier alpha value is -1.42. The van der Waals surface area contributed by atoms with Gasteiger partial charge in [-0.05, 0) is 37.8 Å². The van der Waals surface area contributed by atoms with Crippen LogP contribution in [-0.4, -0.2) is 33.0 Å². The van der Waals surface area contributed by atoms with E-state index in [1.807, 2.05) is 6.07 Å². The number of para-hydroxylation sites is 1. The maximum Gasteiger partial charge on any atom is 0.113 e. The first-order valence-electron chi connectivity index (χ1n) is 8.44. The fraction of sp³-hybridized carbons (Fsp3) is 0.647. The van der Waals surface area contributed by atoms with Gasteiger partial charge < -0.3 is 0 Å². The van der Waals surface area contributed by atoms with Crippen molar-refractivity contribution in [1.82, 2.24) is 19.9 Å². The average Bonchev–Trinajstić information content (AvgIpc) is 2.96. The predicted molar refractivity (Wildman–Crippen MR) is 86.1 cm³/mol. The quantitative estimate of drug-likeness (QED) is 0.753. The number of fused-ring (bicyclic) bond motifs is 1. The Balaban J connectivity index is 1.85. The summed E-state index contributed by atoms with van der Waals surface area (Å²) in [7, 11) is 0. The molecule has 4 nitrogen and oxygen atoms in total. The van der Waals surface area contributed by atoms with Gasteiger partial charge in [0, 0.05) is 13.1 Å². The van der Waals surface area contributed by atoms with Crippen LogP contribution in [0.5, 0.6) is 0 Å². The van der Waals surface area contributed by atoms with E-state index in [0.29, 0.717) is 6.17 Å². The van der Waals surface area contributed by atoms with E-state index in [0.717, 1.165) is 5.52 Å². The lowest BCUT2D eigenvalue weighted by Gasteiger charge is -2.34. The zero-order chi connectivity index (χ0) is 14.5. The summed E-state index contributed by atoms with van der Waals surface area (Å²) in [5.74, 6) is 0. The molecule has 3 rings (SSSR count). The summed E-state index contributed by atoms with van der Waals surface area (Å²) < 4.78 is 2.16. The van der Waals surface area contributed by atoms with Gasteiger partial charge in [0.1, 0.15) is 11.7 Å². The number of likely N-dealkylation sites (tertiary alicyclic amines) is 1. The number of nitrogens with zero attached hydrogens (tertiary/aromatic N) is 4. The third-order valence-electron chi connectivity index (χ3n) is 4.54. The minimum Gasteiger partial charge on any atom is -0.282 e. The third-order valence-corrected chi connectivity index (χ3v) is 4.54. The molecule has 0 radical (unpaired) electrons. The molecular weight excluding hydrogens is 260 g/mol. The zero-order valence-corrected chi connectivity index (χ0v) is 13.0. The average molecular weight is 286 g/mol. The molecule has 1 atom stereocenters. The Bertz CT molecular complexity index is 557. The summed E-state index contributed by atoms with van der Waals surface area (Å²) in [6.45, 7) is 4.66. The van der Waals surface area contributed by atoms with Crippen molar-refractivity contribution in [2.75, 3.05) is 13.1 Å². The molecule has 0 saturated carbocycles. The molecule has 1 unspecified atom stereocenters. The molecule has 0 amide bonds. The molecule has 1 saturated heterocycles. The first kappa shape index (κ1) is 14.5. The van der Waals surface area contributed by atoms with Crippen LogP contribution in [0, 0.1) is 0 Å². The minimum atomic E-state index is 0.379. The molecule has 0 bridgehead atoms. The summed E-state index contributed by atoms with van der Waals surface area (Å²) in [4.78, 5) is 2.61. The molecular formula is C17H26N4. The van der Waals surface area contributed by atoms with Crippen molar-refractivity contribution >= 4 is 11.0 Å². The van der Waals surface area contributed by atoms with Gasteiger partial charge in [-0.3, -0.25) is 4.90 Å². The molecule has 0 aliphatic carbocycles. The number of unbranched alkanes of at least 4 members (excludes halogenated alkanes) is 2. The van der Waals surface area contributed by atoms with Gasteiger partial charge in [-0.15, -0.1) is 5.10 Å². The van der Waals surface area contributed by atoms with Crippen LogP contribution >= 0.6 is 0 Å². The second kappa shape index (κ2) is 7.03. The Morgan fingerprint density at radius 2 is 1.90 bits per heavy atom. The number of rotatable bonds is 6. The molecule has 0 N–H and O–H groups in total. The summed E-state index contributed by atoms with van der Waals surface area (Å²) in [6, 6.07) is 8.32. The highest BCUT2D eigenvalue weighted by Crippen LogP contribution is 2.26. The fourth-order valence-electron chi connectivity index (χ4n) is 3.36. The van der Waals surface area contributed by atoms with E-state index < -0.39 is 0 Å². The lowest BCUT2D eigenvalue weighted by molar-refractivity contribution is 0.0950. The summed E-state index contributed by atoms with van der Waals surface area (Å²) in [6.07, 6.45) is 9.41. The normalized spacial score (nSPS) is 18.1. The van der Waals surface area contributed by atoms with Crippen LogP contribution in [0.2, 0.25) is 0 Å². The van der Waals surface area contributed by atoms with Gasteiger partial charge in [-0.2, -0.15) is 0 Å². The maximum absolute atomic E-state index is 4.47. The molecule has 1 aliphatic rings. The maximum atomic E-state index is 4.47. The van der Waals surface area contributed by atoms with E-state index in [-0.39, 0.29) is 0 Å². The van der Waals surface area contributed by atoms with E-state index in [1.165, 1.54) is 63.6 Å². The van der Waals surface area contributed by atoms with Crippen LogP contribution < -0.4 is 0 Å². The van der Waals surface area contributed by atoms with Crippen molar-refractivity contribution in [3.8, 4) is 0 Å². The third kappa shape index (κ3) is 3.26. The monoisotopic (exact) mass is 286 g/mol. The largest absolute Gasteiger partial charge is 0.282 e. The Kier molecular flexibility index (Phi) is 4.86. The smallest absolute Gasteiger partial charge is 0.113 e. The van der Waals surface area contributed by atoms with Crippen LogP contribution in [0.1, 0.15) is 58.0 Å². The number of hydrogen-bond acceptors (Lipinski definition) is 3. The van der Waals surface area contributed by atoms with E-state index in [9.17, 15) is 0 Å². The highest BCUT2D eigenvalue weighted by atomic mass is 15.5. The second-order valence-electron chi connectivity index (χ2n) is 6.10. The molecule has 0 spiro atoms. The number of piperidine rings is 1. The van der Waals surface area contributed by atoms with Crippen LogP contribution in [-0.2, 0) is 0 Å². The van der Waals surface area contributed by atoms with E-state index in [4.69, 9.17) is 0 Å². The van der Waals surface area contributed by atoms with Crippen LogP contribution in [0.25, 0.3) is 11.0 Å². The van der Waals surface area contributed by atoms with Crippen molar-refractivity contribution in [3.05, 3.63) is 24.3 Å². The number of benzene rings is 1. The van der Waals surface area contributed by atoms with Gasteiger partial charge in [0.15, 0.2) is 0 Å². The Labute approximate surface area is 127 Å². The molecule has 114 valence electrons. The van der Waals surface area contributed by atoms with Crippen molar-refractivity contribution in [2.24, 2.45) is 0 Å².